The molecule has 1 aromatic heterocycles. The maximum atomic E-state index is 13.9. The van der Waals surface area contributed by atoms with Crippen molar-refractivity contribution < 1.29 is 9.50 Å². The molecular weight excluding hydrogens is 273 g/mol. The zero-order valence-corrected chi connectivity index (χ0v) is 12.6. The number of hydrogen-bond donors (Lipinski definition) is 2. The molecule has 2 atom stereocenters. The summed E-state index contributed by atoms with van der Waals surface area (Å²) in [5.74, 6) is -0.409. The number of phenolic OH excluding ortho intramolecular Hbond substituents is 1. The molecular formula is C16H20FNOS. The van der Waals surface area contributed by atoms with E-state index in [2.05, 4.69) is 23.7 Å². The quantitative estimate of drug-likeness (QED) is 0.803. The summed E-state index contributed by atoms with van der Waals surface area (Å²) in [6.07, 6.45) is 2.09. The van der Waals surface area contributed by atoms with Crippen molar-refractivity contribution >= 4 is 11.3 Å². The Hall–Kier alpha value is -1.39. The third-order valence-electron chi connectivity index (χ3n) is 3.37. The van der Waals surface area contributed by atoms with Crippen LogP contribution in [0.25, 0.3) is 0 Å². The summed E-state index contributed by atoms with van der Waals surface area (Å²) in [5.41, 5.74) is 0.584. The monoisotopic (exact) mass is 293 g/mol. The Morgan fingerprint density at radius 2 is 2.15 bits per heavy atom. The summed E-state index contributed by atoms with van der Waals surface area (Å²) in [7, 11) is 0. The number of hydrogen-bond acceptors (Lipinski definition) is 3. The van der Waals surface area contributed by atoms with E-state index in [-0.39, 0.29) is 23.7 Å². The van der Waals surface area contributed by atoms with Crippen LogP contribution >= 0.6 is 11.3 Å². The van der Waals surface area contributed by atoms with Crippen LogP contribution in [0.2, 0.25) is 0 Å². The topological polar surface area (TPSA) is 32.3 Å². The van der Waals surface area contributed by atoms with E-state index in [1.54, 1.807) is 17.4 Å². The number of benzene rings is 1. The van der Waals surface area contributed by atoms with Gasteiger partial charge in [-0.1, -0.05) is 25.5 Å². The summed E-state index contributed by atoms with van der Waals surface area (Å²) in [4.78, 5) is 1.28. The Morgan fingerprint density at radius 3 is 2.75 bits per heavy atom. The van der Waals surface area contributed by atoms with E-state index in [4.69, 9.17) is 0 Å². The minimum absolute atomic E-state index is 0.0400. The van der Waals surface area contributed by atoms with Gasteiger partial charge >= 0.3 is 0 Å². The molecule has 0 bridgehead atoms. The van der Waals surface area contributed by atoms with Crippen LogP contribution in [0.1, 0.15) is 49.2 Å². The predicted molar refractivity (Wildman–Crippen MR) is 81.6 cm³/mol. The number of aromatic hydroxyl groups is 1. The molecule has 2 nitrogen and oxygen atoms in total. The van der Waals surface area contributed by atoms with E-state index in [0.29, 0.717) is 5.56 Å². The molecule has 20 heavy (non-hydrogen) atoms. The molecule has 1 heterocycles. The largest absolute Gasteiger partial charge is 0.508 e. The van der Waals surface area contributed by atoms with E-state index in [9.17, 15) is 9.50 Å². The maximum Gasteiger partial charge on any atom is 0.131 e. The fourth-order valence-electron chi connectivity index (χ4n) is 2.34. The molecule has 0 radical (unpaired) electrons. The molecule has 2 rings (SSSR count). The van der Waals surface area contributed by atoms with Crippen molar-refractivity contribution in [1.29, 1.82) is 0 Å². The van der Waals surface area contributed by atoms with Gasteiger partial charge in [-0.3, -0.25) is 0 Å². The molecule has 0 fully saturated rings. The van der Waals surface area contributed by atoms with Gasteiger partial charge in [0.25, 0.3) is 0 Å². The van der Waals surface area contributed by atoms with Crippen molar-refractivity contribution in [2.75, 3.05) is 0 Å². The van der Waals surface area contributed by atoms with Gasteiger partial charge in [0.2, 0.25) is 0 Å². The molecule has 2 unspecified atom stereocenters. The first-order valence-electron chi connectivity index (χ1n) is 6.89. The smallest absolute Gasteiger partial charge is 0.131 e. The highest BCUT2D eigenvalue weighted by atomic mass is 32.1. The van der Waals surface area contributed by atoms with Gasteiger partial charge in [-0.25, -0.2) is 4.39 Å². The number of halogens is 1. The molecule has 0 aliphatic carbocycles. The van der Waals surface area contributed by atoms with E-state index in [1.165, 1.54) is 10.9 Å². The van der Waals surface area contributed by atoms with Crippen LogP contribution in [0.4, 0.5) is 4.39 Å². The van der Waals surface area contributed by atoms with Gasteiger partial charge in [-0.15, -0.1) is 11.3 Å². The normalized spacial score (nSPS) is 14.2. The average molecular weight is 293 g/mol. The summed E-state index contributed by atoms with van der Waals surface area (Å²) >= 11 is 1.72. The van der Waals surface area contributed by atoms with Crippen molar-refractivity contribution in [3.63, 3.8) is 0 Å². The Bertz CT molecular complexity index is 541. The first-order chi connectivity index (χ1) is 9.61. The molecule has 108 valence electrons. The zero-order chi connectivity index (χ0) is 14.5. The van der Waals surface area contributed by atoms with Crippen LogP contribution in [0.3, 0.4) is 0 Å². The summed E-state index contributed by atoms with van der Waals surface area (Å²) in [5, 5.41) is 14.8. The highest BCUT2D eigenvalue weighted by Crippen LogP contribution is 2.28. The van der Waals surface area contributed by atoms with Crippen LogP contribution in [0, 0.1) is 5.82 Å². The summed E-state index contributed by atoms with van der Waals surface area (Å²) < 4.78 is 13.9. The standard InChI is InChI=1S/C16H20FNOS/c1-3-5-15(16-6-4-9-20-16)18-11(2)13-8-7-12(19)10-14(13)17/h4,6-11,15,18-19H,3,5H2,1-2H3. The second kappa shape index (κ2) is 6.86. The molecule has 1 aromatic carbocycles. The van der Waals surface area contributed by atoms with Gasteiger partial charge in [0.1, 0.15) is 11.6 Å². The molecule has 2 N–H and O–H groups in total. The van der Waals surface area contributed by atoms with Crippen molar-refractivity contribution in [1.82, 2.24) is 5.32 Å². The number of rotatable bonds is 6. The molecule has 0 amide bonds. The minimum atomic E-state index is -0.369. The SMILES string of the molecule is CCCC(NC(C)c1ccc(O)cc1F)c1cccs1. The highest BCUT2D eigenvalue weighted by Gasteiger charge is 2.18. The van der Waals surface area contributed by atoms with Gasteiger partial charge in [0, 0.05) is 28.6 Å². The molecule has 0 spiro atoms. The van der Waals surface area contributed by atoms with Crippen LogP contribution < -0.4 is 5.32 Å². The van der Waals surface area contributed by atoms with Gasteiger partial charge in [-0.05, 0) is 30.9 Å². The van der Waals surface area contributed by atoms with E-state index < -0.39 is 0 Å². The summed E-state index contributed by atoms with van der Waals surface area (Å²) in [6, 6.07) is 8.61. The highest BCUT2D eigenvalue weighted by molar-refractivity contribution is 7.10. The predicted octanol–water partition coefficient (Wildman–Crippen LogP) is 4.78. The van der Waals surface area contributed by atoms with Crippen LogP contribution in [0.5, 0.6) is 5.75 Å². The first kappa shape index (κ1) is 15.0. The van der Waals surface area contributed by atoms with E-state index >= 15 is 0 Å². The van der Waals surface area contributed by atoms with Crippen LogP contribution in [0.15, 0.2) is 35.7 Å². The molecule has 0 aliphatic heterocycles. The van der Waals surface area contributed by atoms with Crippen LogP contribution in [-0.2, 0) is 0 Å². The lowest BCUT2D eigenvalue weighted by atomic mass is 10.0. The van der Waals surface area contributed by atoms with Crippen molar-refractivity contribution in [2.24, 2.45) is 0 Å². The Morgan fingerprint density at radius 1 is 1.35 bits per heavy atom. The number of nitrogens with one attached hydrogen (secondary N) is 1. The van der Waals surface area contributed by atoms with Gasteiger partial charge in [0.05, 0.1) is 0 Å². The van der Waals surface area contributed by atoms with Gasteiger partial charge < -0.3 is 10.4 Å². The first-order valence-corrected chi connectivity index (χ1v) is 7.77. The van der Waals surface area contributed by atoms with Gasteiger partial charge in [0.15, 0.2) is 0 Å². The maximum absolute atomic E-state index is 13.9. The third kappa shape index (κ3) is 3.58. The Balaban J connectivity index is 2.13. The number of thiophene rings is 1. The zero-order valence-electron chi connectivity index (χ0n) is 11.8. The van der Waals surface area contributed by atoms with E-state index in [1.807, 2.05) is 13.0 Å². The van der Waals surface area contributed by atoms with Crippen molar-refractivity contribution in [3.05, 3.63) is 52.0 Å². The second-order valence-electron chi connectivity index (χ2n) is 4.95. The lowest BCUT2D eigenvalue weighted by Gasteiger charge is -2.23. The van der Waals surface area contributed by atoms with Crippen molar-refractivity contribution in [2.45, 2.75) is 38.8 Å². The molecule has 0 saturated carbocycles. The van der Waals surface area contributed by atoms with Crippen molar-refractivity contribution in [3.8, 4) is 5.75 Å². The lowest BCUT2D eigenvalue weighted by Crippen LogP contribution is -2.24. The number of phenols is 1. The fourth-order valence-corrected chi connectivity index (χ4v) is 3.17. The van der Waals surface area contributed by atoms with Crippen LogP contribution in [-0.4, -0.2) is 5.11 Å². The van der Waals surface area contributed by atoms with Gasteiger partial charge in [-0.2, -0.15) is 0 Å². The molecule has 4 heteroatoms. The molecule has 2 aromatic rings. The van der Waals surface area contributed by atoms with E-state index in [0.717, 1.165) is 18.9 Å². The fraction of sp³-hybridized carbons (Fsp3) is 0.375. The average Bonchev–Trinajstić information content (AvgIpc) is 2.91. The summed E-state index contributed by atoms with van der Waals surface area (Å²) in [6.45, 7) is 4.10. The molecule has 0 saturated heterocycles. The Kier molecular flexibility index (Phi) is 5.15. The Labute approximate surface area is 123 Å². The lowest BCUT2D eigenvalue weighted by molar-refractivity contribution is 0.429. The second-order valence-corrected chi connectivity index (χ2v) is 5.93. The minimum Gasteiger partial charge on any atom is -0.508 e. The molecule has 0 aliphatic rings. The third-order valence-corrected chi connectivity index (χ3v) is 4.35.